The van der Waals surface area contributed by atoms with E-state index in [1.54, 1.807) is 6.92 Å². The maximum atomic E-state index is 13.1. The van der Waals surface area contributed by atoms with Crippen LogP contribution in [0.3, 0.4) is 0 Å². The number of Topliss-reactive ketones (excluding diaryl/α,β-unsaturated/α-hetero) is 1. The lowest BCUT2D eigenvalue weighted by Crippen LogP contribution is -2.39. The highest BCUT2D eigenvalue weighted by atomic mass is 32.2. The summed E-state index contributed by atoms with van der Waals surface area (Å²) in [5.74, 6) is 0.798. The fourth-order valence-corrected chi connectivity index (χ4v) is 5.26. The number of rotatable bonds is 5. The second kappa shape index (κ2) is 9.94. The van der Waals surface area contributed by atoms with Gasteiger partial charge in [-0.1, -0.05) is 0 Å². The van der Waals surface area contributed by atoms with E-state index in [4.69, 9.17) is 9.47 Å². The molecule has 2 N–H and O–H groups in total. The molecule has 178 valence electrons. The molecule has 8 nitrogen and oxygen atoms in total. The highest BCUT2D eigenvalue weighted by Gasteiger charge is 2.34. The van der Waals surface area contributed by atoms with Crippen LogP contribution in [0, 0.1) is 31.1 Å². The molecule has 1 amide bonds. The third-order valence-electron chi connectivity index (χ3n) is 6.50. The Kier molecular flexibility index (Phi) is 6.98. The number of fused-ring (bicyclic) bond motifs is 1. The standard InChI is InChI=1S/C25H27N3O5S/c1-13-8-21(34-3)19(25(31)28-13)11-27-24(30)18-9-16(10-26)23-22(14(18)2)33-20(12-32-23)15-4-6-17(29)7-5-15/h8-9,15,20H,4-7,11-12H2,1-3H3,(H,27,30)(H,28,31)/t20-/m1/s1. The summed E-state index contributed by atoms with van der Waals surface area (Å²) in [6.45, 7) is 3.93. The van der Waals surface area contributed by atoms with Gasteiger partial charge in [0.05, 0.1) is 5.56 Å². The molecule has 34 heavy (non-hydrogen) atoms. The molecule has 1 aliphatic carbocycles. The third kappa shape index (κ3) is 4.68. The van der Waals surface area contributed by atoms with Gasteiger partial charge in [-0.05, 0) is 45.1 Å². The van der Waals surface area contributed by atoms with Crippen molar-refractivity contribution in [3.8, 4) is 17.6 Å². The van der Waals surface area contributed by atoms with Gasteiger partial charge in [0.15, 0.2) is 11.5 Å². The zero-order chi connectivity index (χ0) is 24.4. The molecule has 2 heterocycles. The van der Waals surface area contributed by atoms with Crippen LogP contribution in [0.4, 0.5) is 0 Å². The number of nitrogens with zero attached hydrogens (tertiary/aromatic N) is 1. The van der Waals surface area contributed by atoms with Crippen molar-refractivity contribution in [1.29, 1.82) is 5.26 Å². The van der Waals surface area contributed by atoms with Crippen molar-refractivity contribution >= 4 is 23.5 Å². The monoisotopic (exact) mass is 481 g/mol. The minimum atomic E-state index is -0.405. The Morgan fingerprint density at radius 2 is 1.97 bits per heavy atom. The van der Waals surface area contributed by atoms with Gasteiger partial charge in [-0.2, -0.15) is 5.26 Å². The number of nitriles is 1. The van der Waals surface area contributed by atoms with Crippen LogP contribution in [0.15, 0.2) is 21.8 Å². The average molecular weight is 482 g/mol. The van der Waals surface area contributed by atoms with E-state index < -0.39 is 5.91 Å². The topological polar surface area (TPSA) is 121 Å². The summed E-state index contributed by atoms with van der Waals surface area (Å²) >= 11 is 1.44. The van der Waals surface area contributed by atoms with E-state index in [0.29, 0.717) is 47.6 Å². The highest BCUT2D eigenvalue weighted by molar-refractivity contribution is 7.98. The largest absolute Gasteiger partial charge is 0.484 e. The van der Waals surface area contributed by atoms with Crippen LogP contribution in [-0.4, -0.2) is 35.6 Å². The number of ether oxygens (including phenoxy) is 2. The lowest BCUT2D eigenvalue weighted by atomic mass is 9.84. The predicted molar refractivity (Wildman–Crippen MR) is 128 cm³/mol. The molecule has 4 rings (SSSR count). The number of carbonyl (C=O) groups excluding carboxylic acids is 2. The van der Waals surface area contributed by atoms with Crippen LogP contribution in [-0.2, 0) is 11.3 Å². The fourth-order valence-electron chi connectivity index (χ4n) is 4.55. The number of H-pyrrole nitrogens is 1. The van der Waals surface area contributed by atoms with Gasteiger partial charge in [-0.15, -0.1) is 11.8 Å². The third-order valence-corrected chi connectivity index (χ3v) is 7.30. The first-order chi connectivity index (χ1) is 16.3. The van der Waals surface area contributed by atoms with Crippen molar-refractivity contribution in [3.05, 3.63) is 50.4 Å². The van der Waals surface area contributed by atoms with E-state index >= 15 is 0 Å². The summed E-state index contributed by atoms with van der Waals surface area (Å²) in [6.07, 6.45) is 4.21. The minimum absolute atomic E-state index is 0.0547. The quantitative estimate of drug-likeness (QED) is 0.628. The summed E-state index contributed by atoms with van der Waals surface area (Å²) in [6, 6.07) is 5.47. The molecule has 2 aliphatic rings. The molecule has 0 saturated heterocycles. The van der Waals surface area contributed by atoms with Gasteiger partial charge in [0, 0.05) is 52.6 Å². The Balaban J connectivity index is 1.58. The average Bonchev–Trinajstić information content (AvgIpc) is 2.83. The van der Waals surface area contributed by atoms with Gasteiger partial charge in [0.1, 0.15) is 24.6 Å². The van der Waals surface area contributed by atoms with E-state index in [1.165, 1.54) is 17.8 Å². The lowest BCUT2D eigenvalue weighted by Gasteiger charge is -2.35. The first-order valence-corrected chi connectivity index (χ1v) is 12.5. The molecule has 1 fully saturated rings. The molecule has 1 aliphatic heterocycles. The van der Waals surface area contributed by atoms with Crippen molar-refractivity contribution in [2.45, 2.75) is 57.1 Å². The highest BCUT2D eigenvalue weighted by Crippen LogP contribution is 2.42. The van der Waals surface area contributed by atoms with Crippen LogP contribution in [0.25, 0.3) is 0 Å². The van der Waals surface area contributed by atoms with E-state index in [-0.39, 0.29) is 35.5 Å². The van der Waals surface area contributed by atoms with Crippen LogP contribution in [0.5, 0.6) is 11.5 Å². The van der Waals surface area contributed by atoms with Crippen molar-refractivity contribution in [3.63, 3.8) is 0 Å². The van der Waals surface area contributed by atoms with Crippen LogP contribution in [0.1, 0.15) is 58.4 Å². The molecule has 1 atom stereocenters. The second-order valence-electron chi connectivity index (χ2n) is 8.72. The Bertz CT molecular complexity index is 1240. The Morgan fingerprint density at radius 1 is 1.24 bits per heavy atom. The lowest BCUT2D eigenvalue weighted by molar-refractivity contribution is -0.121. The summed E-state index contributed by atoms with van der Waals surface area (Å²) in [5.41, 5.74) is 2.09. The maximum absolute atomic E-state index is 13.1. The number of hydrogen-bond donors (Lipinski definition) is 2. The van der Waals surface area contributed by atoms with Gasteiger partial charge in [0.2, 0.25) is 0 Å². The SMILES string of the molecule is CSc1cc(C)[nH]c(=O)c1CNC(=O)c1cc(C#N)c2c(c1C)O[C@@H](C1CCC(=O)CC1)CO2. The molecule has 0 bridgehead atoms. The van der Waals surface area contributed by atoms with Crippen molar-refractivity contribution in [2.75, 3.05) is 12.9 Å². The molecular weight excluding hydrogens is 454 g/mol. The Morgan fingerprint density at radius 3 is 2.65 bits per heavy atom. The summed E-state index contributed by atoms with van der Waals surface area (Å²) < 4.78 is 12.2. The van der Waals surface area contributed by atoms with Crippen LogP contribution < -0.4 is 20.3 Å². The fraction of sp³-hybridized carbons (Fsp3) is 0.440. The number of benzene rings is 1. The predicted octanol–water partition coefficient (Wildman–Crippen LogP) is 3.41. The number of hydrogen-bond acceptors (Lipinski definition) is 7. The normalized spacial score (nSPS) is 17.8. The minimum Gasteiger partial charge on any atom is -0.484 e. The molecule has 1 saturated carbocycles. The van der Waals surface area contributed by atoms with E-state index in [0.717, 1.165) is 23.4 Å². The molecular formula is C25H27N3O5S. The second-order valence-corrected chi connectivity index (χ2v) is 9.57. The summed E-state index contributed by atoms with van der Waals surface area (Å²) in [4.78, 5) is 40.7. The number of amides is 1. The Labute approximate surface area is 202 Å². The molecule has 2 aromatic rings. The summed E-state index contributed by atoms with van der Waals surface area (Å²) in [7, 11) is 0. The molecule has 1 aromatic carbocycles. The number of carbonyl (C=O) groups is 2. The van der Waals surface area contributed by atoms with Crippen molar-refractivity contribution in [1.82, 2.24) is 10.3 Å². The maximum Gasteiger partial charge on any atom is 0.254 e. The van der Waals surface area contributed by atoms with Gasteiger partial charge in [-0.3, -0.25) is 14.4 Å². The summed E-state index contributed by atoms with van der Waals surface area (Å²) in [5, 5.41) is 12.5. The van der Waals surface area contributed by atoms with Gasteiger partial charge >= 0.3 is 0 Å². The molecule has 9 heteroatoms. The zero-order valence-corrected chi connectivity index (χ0v) is 20.3. The Hall–Kier alpha value is -3.25. The number of pyridine rings is 1. The number of thioether (sulfide) groups is 1. The van der Waals surface area contributed by atoms with E-state index in [9.17, 15) is 19.6 Å². The van der Waals surface area contributed by atoms with Crippen LogP contribution in [0.2, 0.25) is 0 Å². The first kappa shape index (κ1) is 23.9. The zero-order valence-electron chi connectivity index (χ0n) is 19.4. The number of aromatic amines is 1. The number of aryl methyl sites for hydroxylation is 1. The number of nitrogens with one attached hydrogen (secondary N) is 2. The van der Waals surface area contributed by atoms with Gasteiger partial charge in [0.25, 0.3) is 11.5 Å². The van der Waals surface area contributed by atoms with Crippen LogP contribution >= 0.6 is 11.8 Å². The van der Waals surface area contributed by atoms with Gasteiger partial charge < -0.3 is 19.8 Å². The number of aromatic nitrogens is 1. The molecule has 0 radical (unpaired) electrons. The number of ketones is 1. The molecule has 0 unspecified atom stereocenters. The van der Waals surface area contributed by atoms with Crippen molar-refractivity contribution in [2.24, 2.45) is 5.92 Å². The van der Waals surface area contributed by atoms with Gasteiger partial charge in [-0.25, -0.2) is 0 Å². The smallest absolute Gasteiger partial charge is 0.254 e. The van der Waals surface area contributed by atoms with E-state index in [2.05, 4.69) is 16.4 Å². The molecule has 0 spiro atoms. The van der Waals surface area contributed by atoms with Crippen molar-refractivity contribution < 1.29 is 19.1 Å². The molecule has 1 aromatic heterocycles. The first-order valence-electron chi connectivity index (χ1n) is 11.3. The van der Waals surface area contributed by atoms with E-state index in [1.807, 2.05) is 19.2 Å².